The molecule has 14 N–H and O–H groups in total. The van der Waals surface area contributed by atoms with Crippen molar-refractivity contribution in [1.29, 1.82) is 0 Å². The number of nitrogens with zero attached hydrogens (tertiary/aromatic N) is 12. The lowest BCUT2D eigenvalue weighted by Gasteiger charge is -2.25. The van der Waals surface area contributed by atoms with E-state index in [9.17, 15) is 53.7 Å². The minimum atomic E-state index is -5.36. The fraction of sp³-hybridized carbons (Fsp3) is 0.516. The Bertz CT molecular complexity index is 2970. The summed E-state index contributed by atoms with van der Waals surface area (Å²) in [5.41, 5.74) is 17.6. The van der Waals surface area contributed by atoms with Gasteiger partial charge < -0.3 is 71.4 Å². The minimum absolute atomic E-state index is 0.00916. The fourth-order valence-electron chi connectivity index (χ4n) is 7.64. The van der Waals surface area contributed by atoms with E-state index in [1.165, 1.54) is 21.8 Å². The number of phosphoric acid groups is 2. The molecular weight excluding hydrogens is 995 g/mol. The van der Waals surface area contributed by atoms with Gasteiger partial charge in [-0.05, 0) is 0 Å². The molecule has 0 aromatic carbocycles. The summed E-state index contributed by atoms with van der Waals surface area (Å²) in [5, 5.41) is 44.6. The van der Waals surface area contributed by atoms with Gasteiger partial charge in [-0.2, -0.15) is 0 Å². The number of thioether (sulfide) groups is 1. The van der Waals surface area contributed by atoms with Gasteiger partial charge in [-0.25, -0.2) is 54.0 Å². The van der Waals surface area contributed by atoms with Crippen LogP contribution >= 0.6 is 35.0 Å². The largest absolute Gasteiger partial charge is 0.472 e. The van der Waals surface area contributed by atoms with Crippen molar-refractivity contribution in [3.8, 4) is 0 Å². The van der Waals surface area contributed by atoms with E-state index in [0.29, 0.717) is 0 Å². The molecular formula is C31H40N15O18P3S. The molecule has 0 aliphatic carbocycles. The van der Waals surface area contributed by atoms with Gasteiger partial charge in [0, 0.05) is 5.75 Å². The molecule has 9 rings (SSSR count). The number of nitrogens with two attached hydrogens (primary N) is 3. The van der Waals surface area contributed by atoms with Crippen LogP contribution in [-0.2, 0) is 46.0 Å². The number of ether oxygens (including phenoxy) is 3. The van der Waals surface area contributed by atoms with E-state index < -0.39 is 116 Å². The maximum Gasteiger partial charge on any atom is 0.472 e. The molecule has 0 radical (unpaired) electrons. The van der Waals surface area contributed by atoms with Gasteiger partial charge in [0.05, 0.1) is 43.8 Å². The smallest absolute Gasteiger partial charge is 0.387 e. The van der Waals surface area contributed by atoms with Crippen molar-refractivity contribution < 1.29 is 86.0 Å². The van der Waals surface area contributed by atoms with Gasteiger partial charge in [-0.3, -0.25) is 36.4 Å². The van der Waals surface area contributed by atoms with Crippen molar-refractivity contribution in [2.24, 2.45) is 0 Å². The number of nitrogen functional groups attached to an aromatic ring is 3. The van der Waals surface area contributed by atoms with Crippen LogP contribution in [0.2, 0.25) is 0 Å². The van der Waals surface area contributed by atoms with Crippen LogP contribution in [-0.4, -0.2) is 178 Å². The second-order valence-electron chi connectivity index (χ2n) is 15.2. The summed E-state index contributed by atoms with van der Waals surface area (Å²) in [5.74, 6) is -0.305. The molecule has 368 valence electrons. The van der Waals surface area contributed by atoms with Gasteiger partial charge in [-0.1, -0.05) is 0 Å². The highest BCUT2D eigenvalue weighted by Gasteiger charge is 2.53. The zero-order chi connectivity index (χ0) is 48.4. The standard InChI is InChI=1S/C31H40N15O18P3S/c32-23-14-26(38-4-35-23)44(7-41-14)29-20(50)17(47)11(60-29)1-58-66(54,55)63-21-18(48)12(61-30(21)45-8-42-15-24(33)36-5-39-27(15)45)2-59-67(56,57)64-22-19(49)13(3-68-10-65(51,52)53)62-31(22)46-9-43-16-25(34)37-6-40-28(16)46/h4-9,11-13,17-22,29-31,47-50H,1-3,10H2,(H,54,55)(H,56,57)(H2,32,35,38)(H2,33,36,39)(H2,34,37,40)(H2,51,52,53)/t11-,12-,13-,17-,18-,19-,20-,21-,22-,29-,30-,31-/m1/s1. The number of rotatable bonds is 17. The Kier molecular flexibility index (Phi) is 13.3. The number of imidazole rings is 3. The molecule has 37 heteroatoms. The van der Waals surface area contributed by atoms with Crippen LogP contribution < -0.4 is 17.2 Å². The molecule has 14 atom stereocenters. The van der Waals surface area contributed by atoms with Crippen molar-refractivity contribution >= 4 is 85.9 Å². The molecule has 0 amide bonds. The van der Waals surface area contributed by atoms with Crippen LogP contribution in [0.25, 0.3) is 33.5 Å². The Morgan fingerprint density at radius 2 is 0.926 bits per heavy atom. The first-order valence-corrected chi connectivity index (χ1v) is 25.6. The zero-order valence-electron chi connectivity index (χ0n) is 34.2. The first kappa shape index (κ1) is 48.5. The average molecular weight is 1040 g/mol. The van der Waals surface area contributed by atoms with Crippen molar-refractivity contribution in [3.63, 3.8) is 0 Å². The van der Waals surface area contributed by atoms with E-state index >= 15 is 0 Å². The van der Waals surface area contributed by atoms with Gasteiger partial charge in [0.1, 0.15) is 84.4 Å². The number of aliphatic hydroxyl groups is 4. The first-order chi connectivity index (χ1) is 32.2. The molecule has 9 heterocycles. The number of hydrogen-bond acceptors (Lipinski definition) is 27. The van der Waals surface area contributed by atoms with E-state index in [1.54, 1.807) is 0 Å². The number of hydrogen-bond donors (Lipinski definition) is 11. The third kappa shape index (κ3) is 9.55. The summed E-state index contributed by atoms with van der Waals surface area (Å²) in [6.45, 7) is -1.87. The molecule has 33 nitrogen and oxygen atoms in total. The Morgan fingerprint density at radius 1 is 0.544 bits per heavy atom. The monoisotopic (exact) mass is 1040 g/mol. The molecule has 2 unspecified atom stereocenters. The molecule has 6 aromatic rings. The van der Waals surface area contributed by atoms with Crippen LogP contribution in [0.5, 0.6) is 0 Å². The summed E-state index contributed by atoms with van der Waals surface area (Å²) < 4.78 is 81.6. The normalized spacial score (nSPS) is 30.7. The van der Waals surface area contributed by atoms with E-state index in [0.717, 1.165) is 41.6 Å². The van der Waals surface area contributed by atoms with Gasteiger partial charge in [0.15, 0.2) is 53.1 Å². The fourth-order valence-corrected chi connectivity index (χ4v) is 11.4. The quantitative estimate of drug-likeness (QED) is 0.0413. The predicted molar refractivity (Wildman–Crippen MR) is 226 cm³/mol. The third-order valence-corrected chi connectivity index (χ3v) is 15.4. The van der Waals surface area contributed by atoms with Gasteiger partial charge in [0.25, 0.3) is 0 Å². The molecule has 0 spiro atoms. The summed E-state index contributed by atoms with van der Waals surface area (Å²) >= 11 is 0.729. The second kappa shape index (κ2) is 18.7. The highest BCUT2D eigenvalue weighted by molar-refractivity contribution is 8.04. The summed E-state index contributed by atoms with van der Waals surface area (Å²) in [4.78, 5) is 77.1. The molecule has 3 fully saturated rings. The van der Waals surface area contributed by atoms with Gasteiger partial charge in [0.2, 0.25) is 0 Å². The minimum Gasteiger partial charge on any atom is -0.387 e. The molecule has 3 aliphatic rings. The number of aliphatic hydroxyl groups excluding tert-OH is 4. The van der Waals surface area contributed by atoms with Crippen LogP contribution in [0.3, 0.4) is 0 Å². The maximum atomic E-state index is 13.7. The molecule has 0 saturated carbocycles. The highest BCUT2D eigenvalue weighted by Crippen LogP contribution is 2.53. The number of aromatic nitrogens is 12. The Balaban J connectivity index is 0.914. The van der Waals surface area contributed by atoms with Crippen molar-refractivity contribution in [3.05, 3.63) is 38.0 Å². The number of fused-ring (bicyclic) bond motifs is 3. The molecule has 6 aromatic heterocycles. The van der Waals surface area contributed by atoms with Crippen molar-refractivity contribution in [2.75, 3.05) is 41.7 Å². The van der Waals surface area contributed by atoms with Crippen LogP contribution in [0.15, 0.2) is 38.0 Å². The lowest BCUT2D eigenvalue weighted by Crippen LogP contribution is -2.37. The van der Waals surface area contributed by atoms with Crippen molar-refractivity contribution in [1.82, 2.24) is 58.6 Å². The van der Waals surface area contributed by atoms with Crippen molar-refractivity contribution in [2.45, 2.75) is 73.6 Å². The van der Waals surface area contributed by atoms with E-state index in [2.05, 4.69) is 44.9 Å². The number of phosphoric ester groups is 2. The second-order valence-corrected chi connectivity index (χ2v) is 21.2. The molecule has 68 heavy (non-hydrogen) atoms. The van der Waals surface area contributed by atoms with Crippen LogP contribution in [0, 0.1) is 0 Å². The van der Waals surface area contributed by atoms with E-state index in [4.69, 9.17) is 49.5 Å². The molecule has 3 saturated heterocycles. The van der Waals surface area contributed by atoms with Gasteiger partial charge in [-0.15, -0.1) is 11.8 Å². The van der Waals surface area contributed by atoms with E-state index in [1.807, 2.05) is 0 Å². The first-order valence-electron chi connectivity index (χ1n) is 19.6. The maximum absolute atomic E-state index is 13.7. The number of anilines is 3. The van der Waals surface area contributed by atoms with Crippen LogP contribution in [0.1, 0.15) is 18.7 Å². The highest BCUT2D eigenvalue weighted by atomic mass is 32.2. The lowest BCUT2D eigenvalue weighted by atomic mass is 10.1. The topological polar surface area (TPSA) is 487 Å². The van der Waals surface area contributed by atoms with Crippen LogP contribution in [0.4, 0.5) is 17.5 Å². The zero-order valence-corrected chi connectivity index (χ0v) is 37.7. The Labute approximate surface area is 383 Å². The average Bonchev–Trinajstić information content (AvgIpc) is 4.14. The summed E-state index contributed by atoms with van der Waals surface area (Å²) in [6, 6.07) is 0. The van der Waals surface area contributed by atoms with E-state index in [-0.39, 0.29) is 56.7 Å². The predicted octanol–water partition coefficient (Wildman–Crippen LogP) is -2.74. The molecule has 3 aliphatic heterocycles. The SMILES string of the molecule is Nc1ncnc2c1ncn2[C@@H]1O[C@H](COP(=O)(O)O[C@@H]2[C@H](O)[C@@H](COP(=O)(O)O[C@@H]3[C@H](O)[C@@H](CSCP(=O)(O)O)O[C@H]3n3cnc4c(N)ncnc43)O[C@H]2n2cnc3c(N)ncnc32)[C@@H](O)[C@H]1O. The summed E-state index contributed by atoms with van der Waals surface area (Å²) in [7, 11) is -15.2. The lowest BCUT2D eigenvalue weighted by molar-refractivity contribution is -0.0637. The Morgan fingerprint density at radius 3 is 1.37 bits per heavy atom. The third-order valence-electron chi connectivity index (χ3n) is 10.8. The Hall–Kier alpha value is -4.51. The van der Waals surface area contributed by atoms with Gasteiger partial charge >= 0.3 is 23.2 Å². The summed E-state index contributed by atoms with van der Waals surface area (Å²) in [6.07, 6.45) is -12.7. The molecule has 0 bridgehead atoms.